The van der Waals surface area contributed by atoms with Crippen molar-refractivity contribution in [3.05, 3.63) is 21.0 Å². The van der Waals surface area contributed by atoms with Gasteiger partial charge < -0.3 is 5.32 Å². The molecule has 0 aromatic carbocycles. The molecule has 3 N–H and O–H groups in total. The van der Waals surface area contributed by atoms with Gasteiger partial charge in [0.2, 0.25) is 0 Å². The molecule has 2 rings (SSSR count). The molecule has 14 heavy (non-hydrogen) atoms. The van der Waals surface area contributed by atoms with Crippen molar-refractivity contribution < 1.29 is 0 Å². The molecule has 0 saturated carbocycles. The zero-order chi connectivity index (χ0) is 10.2. The first kappa shape index (κ1) is 9.26. The fourth-order valence-electron chi connectivity index (χ4n) is 1.92. The van der Waals surface area contributed by atoms with E-state index in [4.69, 9.17) is 0 Å². The Labute approximate surface area is 80.3 Å². The Morgan fingerprint density at radius 1 is 1.36 bits per heavy atom. The van der Waals surface area contributed by atoms with Crippen LogP contribution in [0.1, 0.15) is 19.8 Å². The molecule has 78 valence electrons. The van der Waals surface area contributed by atoms with Crippen molar-refractivity contribution in [1.29, 1.82) is 0 Å². The number of rotatable bonds is 2. The minimum atomic E-state index is -0.370. The minimum absolute atomic E-state index is 0.126. The van der Waals surface area contributed by atoms with E-state index in [0.29, 0.717) is 6.54 Å². The van der Waals surface area contributed by atoms with E-state index >= 15 is 0 Å². The number of hydrogen-bond donors (Lipinski definition) is 3. The van der Waals surface area contributed by atoms with Crippen molar-refractivity contribution in [3.63, 3.8) is 0 Å². The largest absolute Gasteiger partial charge is 0.344 e. The summed E-state index contributed by atoms with van der Waals surface area (Å²) in [5, 5.41) is 7.84. The normalized spacial score (nSPS) is 26.9. The number of nitrogens with zero attached hydrogens (tertiary/aromatic N) is 1. The van der Waals surface area contributed by atoms with Gasteiger partial charge in [0.1, 0.15) is 0 Å². The second-order valence-electron chi connectivity index (χ2n) is 4.04. The van der Waals surface area contributed by atoms with Crippen molar-refractivity contribution in [2.45, 2.75) is 31.8 Å². The van der Waals surface area contributed by atoms with E-state index in [9.17, 15) is 9.59 Å². The van der Waals surface area contributed by atoms with Crippen molar-refractivity contribution in [3.8, 4) is 0 Å². The van der Waals surface area contributed by atoms with E-state index < -0.39 is 0 Å². The predicted molar refractivity (Wildman–Crippen MR) is 51.3 cm³/mol. The van der Waals surface area contributed by atoms with E-state index in [1.807, 2.05) is 6.92 Å². The molecule has 1 unspecified atom stereocenters. The van der Waals surface area contributed by atoms with Gasteiger partial charge in [-0.25, -0.2) is 24.4 Å². The van der Waals surface area contributed by atoms with E-state index in [0.717, 1.165) is 19.4 Å². The molecule has 1 aliphatic heterocycles. The lowest BCUT2D eigenvalue weighted by atomic mass is 10.0. The van der Waals surface area contributed by atoms with Gasteiger partial charge in [-0.2, -0.15) is 0 Å². The first-order valence-electron chi connectivity index (χ1n) is 4.73. The standard InChI is InChI=1S/C8H14N4O2/c1-8(3-2-4-9-8)5-12-6(13)10-11-7(12)14/h9H,2-5H2,1H3,(H,10,13)(H,11,14). The molecule has 0 spiro atoms. The molecule has 6 heteroatoms. The van der Waals surface area contributed by atoms with Crippen LogP contribution in [0.25, 0.3) is 0 Å². The average molecular weight is 198 g/mol. The van der Waals surface area contributed by atoms with Gasteiger partial charge in [0.25, 0.3) is 0 Å². The van der Waals surface area contributed by atoms with Crippen LogP contribution in [0.4, 0.5) is 0 Å². The van der Waals surface area contributed by atoms with Crippen LogP contribution in [0, 0.1) is 0 Å². The van der Waals surface area contributed by atoms with Gasteiger partial charge in [-0.1, -0.05) is 0 Å². The van der Waals surface area contributed by atoms with E-state index in [1.54, 1.807) is 0 Å². The summed E-state index contributed by atoms with van der Waals surface area (Å²) in [6.07, 6.45) is 2.08. The summed E-state index contributed by atoms with van der Waals surface area (Å²) < 4.78 is 1.19. The van der Waals surface area contributed by atoms with E-state index in [2.05, 4.69) is 15.5 Å². The van der Waals surface area contributed by atoms with Gasteiger partial charge in [-0.15, -0.1) is 0 Å². The Hall–Kier alpha value is -1.30. The van der Waals surface area contributed by atoms with Crippen LogP contribution < -0.4 is 16.7 Å². The maximum atomic E-state index is 11.2. The highest BCUT2D eigenvalue weighted by molar-refractivity contribution is 4.89. The molecule has 0 aliphatic carbocycles. The molecule has 0 radical (unpaired) electrons. The SMILES string of the molecule is CC1(Cn2c(=O)[nH][nH]c2=O)CCCN1. The van der Waals surface area contributed by atoms with Gasteiger partial charge >= 0.3 is 11.4 Å². The second kappa shape index (κ2) is 3.13. The third-order valence-corrected chi connectivity index (χ3v) is 2.73. The van der Waals surface area contributed by atoms with Crippen LogP contribution in [0.15, 0.2) is 9.59 Å². The zero-order valence-electron chi connectivity index (χ0n) is 8.09. The van der Waals surface area contributed by atoms with Crippen molar-refractivity contribution in [2.24, 2.45) is 0 Å². The molecule has 1 saturated heterocycles. The summed E-state index contributed by atoms with van der Waals surface area (Å²) >= 11 is 0. The Balaban J connectivity index is 2.26. The van der Waals surface area contributed by atoms with Gasteiger partial charge in [0.05, 0.1) is 6.54 Å². The molecular formula is C8H14N4O2. The molecule has 0 bridgehead atoms. The summed E-state index contributed by atoms with van der Waals surface area (Å²) in [6.45, 7) is 3.40. The van der Waals surface area contributed by atoms with Gasteiger partial charge in [0, 0.05) is 5.54 Å². The highest BCUT2D eigenvalue weighted by Gasteiger charge is 2.29. The molecule has 1 fully saturated rings. The lowest BCUT2D eigenvalue weighted by molar-refractivity contribution is 0.345. The number of nitrogens with one attached hydrogen (secondary N) is 3. The van der Waals surface area contributed by atoms with Crippen molar-refractivity contribution >= 4 is 0 Å². The van der Waals surface area contributed by atoms with E-state index in [-0.39, 0.29) is 16.9 Å². The summed E-state index contributed by atoms with van der Waals surface area (Å²) in [5.74, 6) is 0. The fourth-order valence-corrected chi connectivity index (χ4v) is 1.92. The smallest absolute Gasteiger partial charge is 0.310 e. The number of hydrogen-bond acceptors (Lipinski definition) is 3. The fraction of sp³-hybridized carbons (Fsp3) is 0.750. The third-order valence-electron chi connectivity index (χ3n) is 2.73. The Kier molecular flexibility index (Phi) is 2.07. The van der Waals surface area contributed by atoms with Crippen LogP contribution in [-0.4, -0.2) is 26.8 Å². The zero-order valence-corrected chi connectivity index (χ0v) is 8.09. The first-order valence-corrected chi connectivity index (χ1v) is 4.73. The highest BCUT2D eigenvalue weighted by atomic mass is 16.2. The second-order valence-corrected chi connectivity index (χ2v) is 4.04. The van der Waals surface area contributed by atoms with Crippen molar-refractivity contribution in [1.82, 2.24) is 20.1 Å². The average Bonchev–Trinajstić information content (AvgIpc) is 2.68. The van der Waals surface area contributed by atoms with Gasteiger partial charge in [-0.3, -0.25) is 0 Å². The lowest BCUT2D eigenvalue weighted by Gasteiger charge is -2.23. The Morgan fingerprint density at radius 3 is 2.50 bits per heavy atom. The molecule has 0 amide bonds. The van der Waals surface area contributed by atoms with Crippen LogP contribution in [0.5, 0.6) is 0 Å². The monoisotopic (exact) mass is 198 g/mol. The number of aromatic nitrogens is 3. The van der Waals surface area contributed by atoms with Gasteiger partial charge in [-0.05, 0) is 26.3 Å². The molecule has 1 aliphatic rings. The lowest BCUT2D eigenvalue weighted by Crippen LogP contribution is -2.45. The van der Waals surface area contributed by atoms with E-state index in [1.165, 1.54) is 4.57 Å². The number of aromatic amines is 2. The topological polar surface area (TPSA) is 82.7 Å². The van der Waals surface area contributed by atoms with Crippen LogP contribution in [-0.2, 0) is 6.54 Å². The molecule has 6 nitrogen and oxygen atoms in total. The summed E-state index contributed by atoms with van der Waals surface area (Å²) in [6, 6.07) is 0. The maximum Gasteiger partial charge on any atom is 0.344 e. The Bertz CT molecular complexity index is 394. The van der Waals surface area contributed by atoms with Crippen LogP contribution >= 0.6 is 0 Å². The molecule has 1 aromatic heterocycles. The maximum absolute atomic E-state index is 11.2. The van der Waals surface area contributed by atoms with Gasteiger partial charge in [0.15, 0.2) is 0 Å². The third kappa shape index (κ3) is 1.52. The summed E-state index contributed by atoms with van der Waals surface area (Å²) in [4.78, 5) is 22.4. The number of H-pyrrole nitrogens is 2. The summed E-state index contributed by atoms with van der Waals surface area (Å²) in [7, 11) is 0. The van der Waals surface area contributed by atoms with Crippen LogP contribution in [0.2, 0.25) is 0 Å². The molecule has 2 heterocycles. The summed E-state index contributed by atoms with van der Waals surface area (Å²) in [5.41, 5.74) is -0.867. The van der Waals surface area contributed by atoms with Crippen LogP contribution in [0.3, 0.4) is 0 Å². The minimum Gasteiger partial charge on any atom is -0.310 e. The quantitative estimate of drug-likeness (QED) is 0.570. The molecular weight excluding hydrogens is 184 g/mol. The first-order chi connectivity index (χ1) is 6.61. The predicted octanol–water partition coefficient (Wildman–Crippen LogP) is -0.993. The molecule has 1 atom stereocenters. The Morgan fingerprint density at radius 2 is 2.00 bits per heavy atom. The highest BCUT2D eigenvalue weighted by Crippen LogP contribution is 2.18. The van der Waals surface area contributed by atoms with Crippen molar-refractivity contribution in [2.75, 3.05) is 6.54 Å². The molecule has 1 aromatic rings.